The minimum atomic E-state index is -1.26. The third-order valence-electron chi connectivity index (χ3n) is 6.34. The number of methoxy groups -OCH3 is 1. The van der Waals surface area contributed by atoms with Crippen molar-refractivity contribution in [2.45, 2.75) is 103 Å². The second kappa shape index (κ2) is 13.0. The highest BCUT2D eigenvalue weighted by atomic mass is 16.6. The molecule has 2 amide bonds. The molecule has 0 aromatic carbocycles. The largest absolute Gasteiger partial charge is 0.479 e. The molecule has 8 nitrogen and oxygen atoms in total. The Morgan fingerprint density at radius 2 is 1.74 bits per heavy atom. The summed E-state index contributed by atoms with van der Waals surface area (Å²) < 4.78 is 16.7. The molecule has 1 N–H and O–H groups in total. The average molecular weight is 480 g/mol. The quantitative estimate of drug-likeness (QED) is 0.393. The van der Waals surface area contributed by atoms with Crippen LogP contribution in [0.3, 0.4) is 0 Å². The Morgan fingerprint density at radius 3 is 2.32 bits per heavy atom. The molecule has 0 bridgehead atoms. The zero-order valence-electron chi connectivity index (χ0n) is 21.2. The van der Waals surface area contributed by atoms with Gasteiger partial charge in [-0.2, -0.15) is 0 Å². The van der Waals surface area contributed by atoms with Crippen LogP contribution in [0, 0.1) is 5.92 Å². The molecular weight excluding hydrogens is 438 g/mol. The summed E-state index contributed by atoms with van der Waals surface area (Å²) in [5, 5.41) is 8.80. The summed E-state index contributed by atoms with van der Waals surface area (Å²) in [6.07, 6.45) is 10.0. The van der Waals surface area contributed by atoms with Gasteiger partial charge in [0, 0.05) is 13.7 Å². The number of cyclic esters (lactones) is 1. The zero-order valence-corrected chi connectivity index (χ0v) is 21.2. The van der Waals surface area contributed by atoms with Crippen LogP contribution in [0.4, 0.5) is 4.79 Å². The molecule has 2 aliphatic rings. The molecular formula is C26H41NO7. The van der Waals surface area contributed by atoms with Crippen molar-refractivity contribution in [3.8, 4) is 0 Å². The predicted molar refractivity (Wildman–Crippen MR) is 128 cm³/mol. The molecule has 3 atom stereocenters. The van der Waals surface area contributed by atoms with Crippen LogP contribution < -0.4 is 0 Å². The summed E-state index contributed by atoms with van der Waals surface area (Å²) in [4.78, 5) is 39.6. The van der Waals surface area contributed by atoms with E-state index in [0.29, 0.717) is 5.76 Å². The van der Waals surface area contributed by atoms with Crippen molar-refractivity contribution in [2.24, 2.45) is 5.92 Å². The number of unbranched alkanes of at least 4 members (excludes halogenated alkanes) is 7. The number of carbonyl (C=O) groups excluding carboxylic acids is 3. The van der Waals surface area contributed by atoms with Crippen molar-refractivity contribution in [2.75, 3.05) is 13.7 Å². The lowest BCUT2D eigenvalue weighted by atomic mass is 9.88. The summed E-state index contributed by atoms with van der Waals surface area (Å²) in [5.41, 5.74) is -0.847. The molecule has 2 heterocycles. The van der Waals surface area contributed by atoms with Crippen molar-refractivity contribution < 1.29 is 33.7 Å². The molecule has 8 heteroatoms. The van der Waals surface area contributed by atoms with Crippen molar-refractivity contribution in [3.05, 3.63) is 24.0 Å². The molecule has 0 saturated carbocycles. The van der Waals surface area contributed by atoms with Gasteiger partial charge >= 0.3 is 6.09 Å². The van der Waals surface area contributed by atoms with E-state index in [2.05, 4.69) is 0 Å². The highest BCUT2D eigenvalue weighted by molar-refractivity contribution is 6.03. The van der Waals surface area contributed by atoms with Gasteiger partial charge in [0.25, 0.3) is 5.91 Å². The number of amides is 2. The first-order valence-corrected chi connectivity index (χ1v) is 12.4. The number of carbonyl (C=O) groups is 3. The second-order valence-corrected chi connectivity index (χ2v) is 9.89. The van der Waals surface area contributed by atoms with E-state index in [1.54, 1.807) is 19.9 Å². The second-order valence-electron chi connectivity index (χ2n) is 9.89. The molecule has 0 aromatic heterocycles. The lowest BCUT2D eigenvalue weighted by Crippen LogP contribution is -2.55. The number of aliphatic hydroxyl groups is 1. The van der Waals surface area contributed by atoms with Gasteiger partial charge in [-0.25, -0.2) is 9.69 Å². The highest BCUT2D eigenvalue weighted by Gasteiger charge is 2.54. The van der Waals surface area contributed by atoms with Gasteiger partial charge in [0.2, 0.25) is 0 Å². The molecule has 0 aliphatic carbocycles. The molecule has 0 aromatic rings. The van der Waals surface area contributed by atoms with Crippen LogP contribution >= 0.6 is 0 Å². The Labute approximate surface area is 203 Å². The number of nitrogens with zero attached hydrogens (tertiary/aromatic N) is 1. The van der Waals surface area contributed by atoms with E-state index in [-0.39, 0.29) is 18.3 Å². The van der Waals surface area contributed by atoms with Crippen molar-refractivity contribution in [1.82, 2.24) is 4.90 Å². The van der Waals surface area contributed by atoms with Crippen LogP contribution in [0.15, 0.2) is 24.0 Å². The third-order valence-corrected chi connectivity index (χ3v) is 6.34. The number of hydrogen-bond acceptors (Lipinski definition) is 7. The fraction of sp³-hybridized carbons (Fsp3) is 0.731. The minimum Gasteiger partial charge on any atom is -0.479 e. The van der Waals surface area contributed by atoms with Gasteiger partial charge < -0.3 is 19.3 Å². The lowest BCUT2D eigenvalue weighted by molar-refractivity contribution is -0.154. The Morgan fingerprint density at radius 1 is 1.12 bits per heavy atom. The van der Waals surface area contributed by atoms with Gasteiger partial charge in [-0.1, -0.05) is 46.0 Å². The molecule has 3 unspecified atom stereocenters. The fourth-order valence-electron chi connectivity index (χ4n) is 4.79. The van der Waals surface area contributed by atoms with Crippen LogP contribution in [0.25, 0.3) is 0 Å². The fourth-order valence-corrected chi connectivity index (χ4v) is 4.79. The lowest BCUT2D eigenvalue weighted by Gasteiger charge is -2.34. The maximum absolute atomic E-state index is 13.4. The van der Waals surface area contributed by atoms with E-state index in [9.17, 15) is 14.4 Å². The van der Waals surface area contributed by atoms with Gasteiger partial charge in [0.05, 0.1) is 6.04 Å². The summed E-state index contributed by atoms with van der Waals surface area (Å²) in [6, 6.07) is -0.488. The molecule has 2 rings (SSSR count). The molecule has 0 radical (unpaired) electrons. The normalized spacial score (nSPS) is 24.0. The van der Waals surface area contributed by atoms with E-state index in [1.807, 2.05) is 19.9 Å². The summed E-state index contributed by atoms with van der Waals surface area (Å²) in [6.45, 7) is 7.63. The maximum atomic E-state index is 13.4. The first-order chi connectivity index (χ1) is 16.1. The molecule has 1 saturated heterocycles. The van der Waals surface area contributed by atoms with Crippen LogP contribution in [0.2, 0.25) is 0 Å². The Kier molecular flexibility index (Phi) is 10.8. The molecule has 2 aliphatic heterocycles. The van der Waals surface area contributed by atoms with Gasteiger partial charge in [-0.3, -0.25) is 9.59 Å². The Hall–Kier alpha value is -2.19. The minimum absolute atomic E-state index is 0.0455. The molecule has 1 fully saturated rings. The van der Waals surface area contributed by atoms with E-state index in [0.717, 1.165) is 56.3 Å². The standard InChI is InChI=1S/C26H41NO7/c1-18(2)23-26(3,4)34-25(31)27(23)24(30)22(32-5)21-20(29)16-15-19(33-21)14-12-10-8-6-7-9-11-13-17-28/h14-16,18,21-23,28H,6-13,17H2,1-5H3. The first-order valence-electron chi connectivity index (χ1n) is 12.4. The summed E-state index contributed by atoms with van der Waals surface area (Å²) >= 11 is 0. The Balaban J connectivity index is 1.98. The maximum Gasteiger partial charge on any atom is 0.417 e. The number of ether oxygens (including phenoxy) is 3. The van der Waals surface area contributed by atoms with Crippen molar-refractivity contribution in [3.63, 3.8) is 0 Å². The van der Waals surface area contributed by atoms with E-state index < -0.39 is 35.9 Å². The third kappa shape index (κ3) is 7.15. The van der Waals surface area contributed by atoms with Gasteiger partial charge in [0.15, 0.2) is 18.0 Å². The Bertz CT molecular complexity index is 771. The van der Waals surface area contributed by atoms with Gasteiger partial charge in [-0.15, -0.1) is 0 Å². The predicted octanol–water partition coefficient (Wildman–Crippen LogP) is 4.30. The smallest absolute Gasteiger partial charge is 0.417 e. The number of aliphatic hydroxyl groups excluding tert-OH is 1. The zero-order chi connectivity index (χ0) is 25.3. The number of imide groups is 1. The van der Waals surface area contributed by atoms with Crippen LogP contribution in [0.1, 0.15) is 79.1 Å². The molecule has 192 valence electrons. The number of allylic oxidation sites excluding steroid dienone is 2. The van der Waals surface area contributed by atoms with E-state index in [4.69, 9.17) is 19.3 Å². The highest BCUT2D eigenvalue weighted by Crippen LogP contribution is 2.35. The summed E-state index contributed by atoms with van der Waals surface area (Å²) in [5.74, 6) is -0.540. The van der Waals surface area contributed by atoms with E-state index in [1.165, 1.54) is 13.2 Å². The number of rotatable bonds is 13. The molecule has 34 heavy (non-hydrogen) atoms. The number of hydrogen-bond donors (Lipinski definition) is 1. The topological polar surface area (TPSA) is 102 Å². The monoisotopic (exact) mass is 479 g/mol. The van der Waals surface area contributed by atoms with Crippen LogP contribution in [-0.2, 0) is 23.8 Å². The van der Waals surface area contributed by atoms with Crippen molar-refractivity contribution >= 4 is 17.8 Å². The summed E-state index contributed by atoms with van der Waals surface area (Å²) in [7, 11) is 1.33. The average Bonchev–Trinajstić information content (AvgIpc) is 3.03. The van der Waals surface area contributed by atoms with Crippen LogP contribution in [0.5, 0.6) is 0 Å². The van der Waals surface area contributed by atoms with Crippen LogP contribution in [-0.4, -0.2) is 65.4 Å². The SMILES string of the molecule is COC(C(=O)N1C(=O)OC(C)(C)C1C(C)C)C1OC(=CCCCCCCCCCO)C=CC1=O. The number of ketones is 1. The van der Waals surface area contributed by atoms with E-state index >= 15 is 0 Å². The van der Waals surface area contributed by atoms with Gasteiger partial charge in [-0.05, 0) is 57.3 Å². The molecule has 0 spiro atoms. The van der Waals surface area contributed by atoms with Gasteiger partial charge in [0.1, 0.15) is 11.4 Å². The first kappa shape index (κ1) is 28.1. The van der Waals surface area contributed by atoms with Crippen molar-refractivity contribution in [1.29, 1.82) is 0 Å².